The average molecular weight is 499 g/mol. The van der Waals surface area contributed by atoms with E-state index in [0.717, 1.165) is 30.5 Å². The molecule has 1 aliphatic carbocycles. The van der Waals surface area contributed by atoms with Gasteiger partial charge in [0.15, 0.2) is 6.10 Å². The van der Waals surface area contributed by atoms with Gasteiger partial charge in [0.25, 0.3) is 5.91 Å². The van der Waals surface area contributed by atoms with Crippen LogP contribution in [-0.4, -0.2) is 81.9 Å². The van der Waals surface area contributed by atoms with E-state index in [1.165, 1.54) is 9.87 Å². The van der Waals surface area contributed by atoms with Crippen molar-refractivity contribution in [2.24, 2.45) is 0 Å². The van der Waals surface area contributed by atoms with E-state index in [9.17, 15) is 18.0 Å². The van der Waals surface area contributed by atoms with E-state index < -0.39 is 16.1 Å². The normalized spacial score (nSPS) is 20.1. The summed E-state index contributed by atoms with van der Waals surface area (Å²) in [7, 11) is -2.04. The number of amides is 2. The molecule has 1 fully saturated rings. The molecule has 2 amide bonds. The number of hydrogen-bond donors (Lipinski definition) is 1. The van der Waals surface area contributed by atoms with Crippen LogP contribution < -0.4 is 15.0 Å². The zero-order chi connectivity index (χ0) is 24.6. The molecule has 1 atom stereocenters. The van der Waals surface area contributed by atoms with Gasteiger partial charge in [-0.1, -0.05) is 18.2 Å². The maximum absolute atomic E-state index is 13.2. The third-order valence-electron chi connectivity index (χ3n) is 7.03. The number of piperazine rings is 1. The monoisotopic (exact) mass is 498 g/mol. The summed E-state index contributed by atoms with van der Waals surface area (Å²) in [6, 6.07) is 12.8. The zero-order valence-electron chi connectivity index (χ0n) is 19.8. The molecule has 0 bridgehead atoms. The van der Waals surface area contributed by atoms with Gasteiger partial charge in [0, 0.05) is 33.2 Å². The van der Waals surface area contributed by atoms with E-state index in [-0.39, 0.29) is 38.0 Å². The number of carbonyl (C=O) groups excluding carboxylic acids is 2. The van der Waals surface area contributed by atoms with Crippen molar-refractivity contribution in [3.05, 3.63) is 53.6 Å². The predicted octanol–water partition coefficient (Wildman–Crippen LogP) is 1.02. The quantitative estimate of drug-likeness (QED) is 0.661. The minimum absolute atomic E-state index is 0.0887. The van der Waals surface area contributed by atoms with Gasteiger partial charge >= 0.3 is 0 Å². The van der Waals surface area contributed by atoms with Crippen LogP contribution in [0.15, 0.2) is 47.4 Å². The topological polar surface area (TPSA) is 99.3 Å². The van der Waals surface area contributed by atoms with Crippen molar-refractivity contribution < 1.29 is 22.7 Å². The fraction of sp³-hybridized carbons (Fsp3) is 0.440. The van der Waals surface area contributed by atoms with E-state index >= 15 is 0 Å². The third-order valence-corrected chi connectivity index (χ3v) is 8.92. The minimum Gasteiger partial charge on any atom is -0.477 e. The lowest BCUT2D eigenvalue weighted by atomic mass is 10.1. The van der Waals surface area contributed by atoms with Crippen molar-refractivity contribution in [2.75, 3.05) is 51.2 Å². The summed E-state index contributed by atoms with van der Waals surface area (Å²) >= 11 is 0. The highest BCUT2D eigenvalue weighted by molar-refractivity contribution is 7.89. The SMILES string of the molecule is CNC(=O)[C@H]1CN(CC(=O)N2CCN(S(=O)(=O)c3ccc4c(c3)CCC4)CC2)c2ccccc2O1. The number of nitrogens with one attached hydrogen (secondary N) is 1. The van der Waals surface area contributed by atoms with Crippen LogP contribution >= 0.6 is 0 Å². The predicted molar refractivity (Wildman–Crippen MR) is 131 cm³/mol. The number of fused-ring (bicyclic) bond motifs is 2. The molecule has 0 saturated carbocycles. The smallest absolute Gasteiger partial charge is 0.262 e. The summed E-state index contributed by atoms with van der Waals surface area (Å²) in [6.45, 7) is 1.51. The molecule has 186 valence electrons. The Hall–Kier alpha value is -3.11. The van der Waals surface area contributed by atoms with Crippen molar-refractivity contribution in [3.8, 4) is 5.75 Å². The van der Waals surface area contributed by atoms with Gasteiger partial charge in [0.2, 0.25) is 15.9 Å². The van der Waals surface area contributed by atoms with Crippen molar-refractivity contribution in [3.63, 3.8) is 0 Å². The molecule has 0 spiro atoms. The molecule has 5 rings (SSSR count). The van der Waals surface area contributed by atoms with E-state index in [1.807, 2.05) is 35.2 Å². The highest BCUT2D eigenvalue weighted by Gasteiger charge is 2.34. The number of likely N-dealkylation sites (N-methyl/N-ethyl adjacent to an activating group) is 1. The highest BCUT2D eigenvalue weighted by Crippen LogP contribution is 2.33. The van der Waals surface area contributed by atoms with Gasteiger partial charge in [-0.05, 0) is 54.7 Å². The second-order valence-electron chi connectivity index (χ2n) is 9.14. The van der Waals surface area contributed by atoms with E-state index in [4.69, 9.17) is 4.74 Å². The van der Waals surface area contributed by atoms with Crippen LogP contribution in [0, 0.1) is 0 Å². The van der Waals surface area contributed by atoms with Crippen LogP contribution in [0.5, 0.6) is 5.75 Å². The van der Waals surface area contributed by atoms with Gasteiger partial charge in [-0.15, -0.1) is 0 Å². The van der Waals surface area contributed by atoms with Gasteiger partial charge < -0.3 is 19.9 Å². The number of anilines is 1. The molecular weight excluding hydrogens is 468 g/mol. The molecule has 9 nitrogen and oxygen atoms in total. The standard InChI is InChI=1S/C25H30N4O5S/c1-26-25(31)23-16-28(21-7-2-3-8-22(21)34-23)17-24(30)27-11-13-29(14-12-27)35(32,33)20-10-9-18-5-4-6-19(18)15-20/h2-3,7-10,15,23H,4-6,11-14,16-17H2,1H3,(H,26,31)/t23-/m1/s1. The molecule has 3 aliphatic rings. The second kappa shape index (κ2) is 9.50. The molecule has 35 heavy (non-hydrogen) atoms. The number of rotatable bonds is 5. The number of aryl methyl sites for hydroxylation is 2. The maximum atomic E-state index is 13.2. The molecule has 0 unspecified atom stereocenters. The molecule has 2 aromatic carbocycles. The van der Waals surface area contributed by atoms with E-state index in [2.05, 4.69) is 5.32 Å². The first-order chi connectivity index (χ1) is 16.9. The Bertz CT molecular complexity index is 1240. The summed E-state index contributed by atoms with van der Waals surface area (Å²) in [5.41, 5.74) is 3.13. The summed E-state index contributed by atoms with van der Waals surface area (Å²) in [5.74, 6) is 0.208. The number of nitrogens with zero attached hydrogens (tertiary/aromatic N) is 3. The number of carbonyl (C=O) groups is 2. The fourth-order valence-corrected chi connectivity index (χ4v) is 6.53. The fourth-order valence-electron chi connectivity index (χ4n) is 5.05. The number of para-hydroxylation sites is 2. The number of sulfonamides is 1. The largest absolute Gasteiger partial charge is 0.477 e. The summed E-state index contributed by atoms with van der Waals surface area (Å²) in [5, 5.41) is 2.60. The lowest BCUT2D eigenvalue weighted by Gasteiger charge is -2.38. The van der Waals surface area contributed by atoms with E-state index in [1.54, 1.807) is 24.1 Å². The molecule has 2 aliphatic heterocycles. The Morgan fingerprint density at radius 2 is 1.77 bits per heavy atom. The van der Waals surface area contributed by atoms with Gasteiger partial charge in [-0.25, -0.2) is 8.42 Å². The molecular formula is C25H30N4O5S. The van der Waals surface area contributed by atoms with Gasteiger partial charge in [-0.3, -0.25) is 9.59 Å². The van der Waals surface area contributed by atoms with Crippen LogP contribution in [0.2, 0.25) is 0 Å². The van der Waals surface area contributed by atoms with Crippen molar-refractivity contribution in [1.82, 2.24) is 14.5 Å². The van der Waals surface area contributed by atoms with Crippen LogP contribution in [-0.2, 0) is 32.5 Å². The van der Waals surface area contributed by atoms with Gasteiger partial charge in [-0.2, -0.15) is 4.31 Å². The van der Waals surface area contributed by atoms with Gasteiger partial charge in [0.1, 0.15) is 5.75 Å². The zero-order valence-corrected chi connectivity index (χ0v) is 20.6. The molecule has 10 heteroatoms. The first-order valence-electron chi connectivity index (χ1n) is 12.0. The Labute approximate surface area is 205 Å². The Balaban J connectivity index is 1.23. The second-order valence-corrected chi connectivity index (χ2v) is 11.1. The Kier molecular flexibility index (Phi) is 6.41. The maximum Gasteiger partial charge on any atom is 0.262 e. The Morgan fingerprint density at radius 1 is 1.03 bits per heavy atom. The molecule has 0 radical (unpaired) electrons. The number of ether oxygens (including phenoxy) is 1. The van der Waals surface area contributed by atoms with Crippen molar-refractivity contribution >= 4 is 27.5 Å². The van der Waals surface area contributed by atoms with Crippen LogP contribution in [0.1, 0.15) is 17.5 Å². The summed E-state index contributed by atoms with van der Waals surface area (Å²) in [6.07, 6.45) is 2.29. The van der Waals surface area contributed by atoms with Crippen LogP contribution in [0.25, 0.3) is 0 Å². The molecule has 1 N–H and O–H groups in total. The molecule has 0 aromatic heterocycles. The lowest BCUT2D eigenvalue weighted by molar-refractivity contribution is -0.131. The lowest BCUT2D eigenvalue weighted by Crippen LogP contribution is -2.54. The minimum atomic E-state index is -3.60. The summed E-state index contributed by atoms with van der Waals surface area (Å²) < 4.78 is 33.7. The number of benzene rings is 2. The third kappa shape index (κ3) is 4.60. The van der Waals surface area contributed by atoms with Crippen molar-refractivity contribution in [1.29, 1.82) is 0 Å². The molecule has 2 aromatic rings. The van der Waals surface area contributed by atoms with Crippen LogP contribution in [0.3, 0.4) is 0 Å². The average Bonchev–Trinajstić information content (AvgIpc) is 3.36. The highest BCUT2D eigenvalue weighted by atomic mass is 32.2. The number of hydrogen-bond acceptors (Lipinski definition) is 6. The first kappa shape index (κ1) is 23.6. The summed E-state index contributed by atoms with van der Waals surface area (Å²) in [4.78, 5) is 29.2. The van der Waals surface area contributed by atoms with Crippen molar-refractivity contribution in [2.45, 2.75) is 30.3 Å². The first-order valence-corrected chi connectivity index (χ1v) is 13.4. The molecule has 1 saturated heterocycles. The Morgan fingerprint density at radius 3 is 2.54 bits per heavy atom. The van der Waals surface area contributed by atoms with Crippen LogP contribution in [0.4, 0.5) is 5.69 Å². The van der Waals surface area contributed by atoms with E-state index in [0.29, 0.717) is 23.7 Å². The molecule has 2 heterocycles. The van der Waals surface area contributed by atoms with Gasteiger partial charge in [0.05, 0.1) is 23.7 Å².